The first-order valence-corrected chi connectivity index (χ1v) is 12.2. The van der Waals surface area contributed by atoms with Crippen molar-refractivity contribution >= 4 is 50.7 Å². The molecule has 2 heterocycles. The van der Waals surface area contributed by atoms with Gasteiger partial charge in [0.2, 0.25) is 10.0 Å². The highest BCUT2D eigenvalue weighted by atomic mass is 35.5. The molecule has 1 aromatic heterocycles. The molecular formula is C19H23Cl2N5O5S. The Hall–Kier alpha value is -2.18. The highest BCUT2D eigenvalue weighted by molar-refractivity contribution is 7.89. The summed E-state index contributed by atoms with van der Waals surface area (Å²) in [5.41, 5.74) is 0.324. The van der Waals surface area contributed by atoms with Crippen LogP contribution in [0.3, 0.4) is 0 Å². The quantitative estimate of drug-likeness (QED) is 0.505. The van der Waals surface area contributed by atoms with Crippen LogP contribution in [0.1, 0.15) is 33.7 Å². The Kier molecular flexibility index (Phi) is 8.12. The summed E-state index contributed by atoms with van der Waals surface area (Å²) < 4.78 is 30.8. The number of aromatic amines is 1. The number of H-pyrrole nitrogens is 1. The molecule has 1 aliphatic heterocycles. The van der Waals surface area contributed by atoms with Crippen LogP contribution in [0.15, 0.2) is 24.4 Å². The van der Waals surface area contributed by atoms with E-state index in [0.717, 1.165) is 0 Å². The molecule has 1 fully saturated rings. The van der Waals surface area contributed by atoms with Gasteiger partial charge in [0.05, 0.1) is 39.9 Å². The summed E-state index contributed by atoms with van der Waals surface area (Å²) in [7, 11) is -1.93. The summed E-state index contributed by atoms with van der Waals surface area (Å²) in [6.07, 6.45) is 2.23. The van der Waals surface area contributed by atoms with E-state index >= 15 is 0 Å². The highest BCUT2D eigenvalue weighted by Gasteiger charge is 2.29. The van der Waals surface area contributed by atoms with E-state index < -0.39 is 21.8 Å². The summed E-state index contributed by atoms with van der Waals surface area (Å²) in [6, 6.07) is 4.47. The fourth-order valence-electron chi connectivity index (χ4n) is 3.31. The van der Waals surface area contributed by atoms with E-state index in [1.807, 2.05) is 0 Å². The van der Waals surface area contributed by atoms with Crippen LogP contribution in [0.4, 0.5) is 5.69 Å². The molecule has 174 valence electrons. The van der Waals surface area contributed by atoms with Gasteiger partial charge >= 0.3 is 0 Å². The van der Waals surface area contributed by atoms with Gasteiger partial charge in [0.15, 0.2) is 0 Å². The standard InChI is InChI=1S/C19H23Cl2N5O5S/c1-31-9-10-32(29,30)26-7-5-12(6-8-26)23-19(28)17-15(11-22-25-17)24-18(27)16-13(20)3-2-4-14(16)21/h2-4,11-12H,5-10H2,1H3,(H,22,25)(H,23,28)(H,24,27). The second kappa shape index (κ2) is 10.6. The number of nitrogens with zero attached hydrogens (tertiary/aromatic N) is 2. The minimum Gasteiger partial charge on any atom is -0.384 e. The van der Waals surface area contributed by atoms with E-state index in [2.05, 4.69) is 20.8 Å². The first-order valence-electron chi connectivity index (χ1n) is 9.79. The Morgan fingerprint density at radius 2 is 1.88 bits per heavy atom. The Labute approximate surface area is 195 Å². The van der Waals surface area contributed by atoms with Gasteiger partial charge < -0.3 is 15.4 Å². The average Bonchev–Trinajstić information content (AvgIpc) is 3.21. The van der Waals surface area contributed by atoms with Crippen LogP contribution in [-0.2, 0) is 14.8 Å². The van der Waals surface area contributed by atoms with Gasteiger partial charge in [-0.3, -0.25) is 14.7 Å². The molecule has 0 unspecified atom stereocenters. The number of anilines is 1. The van der Waals surface area contributed by atoms with Crippen LogP contribution in [0.25, 0.3) is 0 Å². The molecule has 3 N–H and O–H groups in total. The normalized spacial score (nSPS) is 15.5. The maximum Gasteiger partial charge on any atom is 0.271 e. The molecule has 0 spiro atoms. The van der Waals surface area contributed by atoms with Crippen LogP contribution in [0.2, 0.25) is 10.0 Å². The molecule has 0 aliphatic carbocycles. The van der Waals surface area contributed by atoms with Crippen LogP contribution >= 0.6 is 23.2 Å². The molecule has 3 rings (SSSR count). The van der Waals surface area contributed by atoms with Crippen molar-refractivity contribution in [3.63, 3.8) is 0 Å². The van der Waals surface area contributed by atoms with Crippen molar-refractivity contribution in [1.29, 1.82) is 0 Å². The Morgan fingerprint density at radius 3 is 2.50 bits per heavy atom. The Balaban J connectivity index is 1.60. The molecule has 0 radical (unpaired) electrons. The van der Waals surface area contributed by atoms with E-state index in [-0.39, 0.29) is 45.4 Å². The molecule has 0 bridgehead atoms. The van der Waals surface area contributed by atoms with E-state index in [1.54, 1.807) is 6.07 Å². The lowest BCUT2D eigenvalue weighted by molar-refractivity contribution is 0.0919. The molecule has 1 saturated heterocycles. The second-order valence-corrected chi connectivity index (χ2v) is 10.1. The SMILES string of the molecule is COCCS(=O)(=O)N1CCC(NC(=O)c2[nH]ncc2NC(=O)c2c(Cl)cccc2Cl)CC1. The fraction of sp³-hybridized carbons (Fsp3) is 0.421. The lowest BCUT2D eigenvalue weighted by Gasteiger charge is -2.31. The van der Waals surface area contributed by atoms with Crippen LogP contribution < -0.4 is 10.6 Å². The van der Waals surface area contributed by atoms with Crippen molar-refractivity contribution in [3.8, 4) is 0 Å². The summed E-state index contributed by atoms with van der Waals surface area (Å²) in [4.78, 5) is 25.3. The number of rotatable bonds is 8. The third kappa shape index (κ3) is 5.78. The number of benzene rings is 1. The minimum absolute atomic E-state index is 0.0664. The second-order valence-electron chi connectivity index (χ2n) is 7.17. The van der Waals surface area contributed by atoms with E-state index in [9.17, 15) is 18.0 Å². The van der Waals surface area contributed by atoms with Crippen molar-refractivity contribution in [3.05, 3.63) is 45.7 Å². The number of sulfonamides is 1. The molecule has 0 saturated carbocycles. The van der Waals surface area contributed by atoms with Crippen molar-refractivity contribution in [2.75, 3.05) is 37.9 Å². The van der Waals surface area contributed by atoms with Crippen molar-refractivity contribution in [1.82, 2.24) is 19.8 Å². The molecule has 2 aromatic rings. The van der Waals surface area contributed by atoms with Gasteiger partial charge in [0, 0.05) is 26.2 Å². The number of nitrogens with one attached hydrogen (secondary N) is 3. The summed E-state index contributed by atoms with van der Waals surface area (Å²) in [5.74, 6) is -1.12. The molecule has 0 atom stereocenters. The molecule has 1 aromatic carbocycles. The maximum absolute atomic E-state index is 12.7. The van der Waals surface area contributed by atoms with Gasteiger partial charge in [-0.25, -0.2) is 12.7 Å². The van der Waals surface area contributed by atoms with Gasteiger partial charge in [0.1, 0.15) is 5.69 Å². The van der Waals surface area contributed by atoms with E-state index in [1.165, 1.54) is 29.7 Å². The van der Waals surface area contributed by atoms with Gasteiger partial charge in [-0.2, -0.15) is 5.10 Å². The highest BCUT2D eigenvalue weighted by Crippen LogP contribution is 2.26. The predicted molar refractivity (Wildman–Crippen MR) is 121 cm³/mol. The van der Waals surface area contributed by atoms with Gasteiger partial charge in [-0.15, -0.1) is 0 Å². The third-order valence-electron chi connectivity index (χ3n) is 5.03. The Morgan fingerprint density at radius 1 is 1.22 bits per heavy atom. The van der Waals surface area contributed by atoms with Gasteiger partial charge in [-0.1, -0.05) is 29.3 Å². The molecule has 2 amide bonds. The van der Waals surface area contributed by atoms with Crippen LogP contribution in [-0.4, -0.2) is 73.3 Å². The summed E-state index contributed by atoms with van der Waals surface area (Å²) >= 11 is 12.1. The molecule has 13 heteroatoms. The zero-order chi connectivity index (χ0) is 23.3. The molecule has 10 nitrogen and oxygen atoms in total. The monoisotopic (exact) mass is 503 g/mol. The molecule has 1 aliphatic rings. The van der Waals surface area contributed by atoms with E-state index in [4.69, 9.17) is 27.9 Å². The zero-order valence-electron chi connectivity index (χ0n) is 17.2. The topological polar surface area (TPSA) is 133 Å². The lowest BCUT2D eigenvalue weighted by atomic mass is 10.1. The average molecular weight is 504 g/mol. The number of halogens is 2. The Bertz CT molecular complexity index is 1060. The largest absolute Gasteiger partial charge is 0.384 e. The van der Waals surface area contributed by atoms with Crippen molar-refractivity contribution < 1.29 is 22.7 Å². The molecule has 32 heavy (non-hydrogen) atoms. The number of piperidine rings is 1. The number of methoxy groups -OCH3 is 1. The summed E-state index contributed by atoms with van der Waals surface area (Å²) in [5, 5.41) is 12.2. The first kappa shape index (κ1) is 24.5. The van der Waals surface area contributed by atoms with E-state index in [0.29, 0.717) is 25.9 Å². The van der Waals surface area contributed by atoms with Crippen molar-refractivity contribution in [2.45, 2.75) is 18.9 Å². The third-order valence-corrected chi connectivity index (χ3v) is 7.50. The van der Waals surface area contributed by atoms with Gasteiger partial charge in [0.25, 0.3) is 11.8 Å². The smallest absolute Gasteiger partial charge is 0.271 e. The van der Waals surface area contributed by atoms with Crippen molar-refractivity contribution in [2.24, 2.45) is 0 Å². The molecular weight excluding hydrogens is 481 g/mol. The van der Waals surface area contributed by atoms with Crippen LogP contribution in [0.5, 0.6) is 0 Å². The van der Waals surface area contributed by atoms with Crippen LogP contribution in [0, 0.1) is 0 Å². The number of ether oxygens (including phenoxy) is 1. The number of hydrogen-bond donors (Lipinski definition) is 3. The fourth-order valence-corrected chi connectivity index (χ4v) is 5.28. The number of hydrogen-bond acceptors (Lipinski definition) is 6. The number of amides is 2. The number of aromatic nitrogens is 2. The minimum atomic E-state index is -3.38. The number of carbonyl (C=O) groups is 2. The summed E-state index contributed by atoms with van der Waals surface area (Å²) in [6.45, 7) is 0.732. The lowest BCUT2D eigenvalue weighted by Crippen LogP contribution is -2.47. The zero-order valence-corrected chi connectivity index (χ0v) is 19.6. The predicted octanol–water partition coefficient (Wildman–Crippen LogP) is 2.14. The maximum atomic E-state index is 12.7. The first-order chi connectivity index (χ1) is 15.2. The van der Waals surface area contributed by atoms with Gasteiger partial charge in [-0.05, 0) is 25.0 Å². The number of carbonyl (C=O) groups excluding carboxylic acids is 2.